The Labute approximate surface area is 107 Å². The quantitative estimate of drug-likeness (QED) is 0.799. The molecule has 0 radical (unpaired) electrons. The predicted octanol–water partition coefficient (Wildman–Crippen LogP) is -0.469. The van der Waals surface area contributed by atoms with Gasteiger partial charge in [0.2, 0.25) is 10.0 Å². The van der Waals surface area contributed by atoms with Crippen LogP contribution in [0, 0.1) is 0 Å². The average molecular weight is 271 g/mol. The van der Waals surface area contributed by atoms with Crippen LogP contribution in [0.4, 0.5) is 11.6 Å². The summed E-state index contributed by atoms with van der Waals surface area (Å²) in [5.74, 6) is 1.21. The van der Waals surface area contributed by atoms with Crippen molar-refractivity contribution >= 4 is 21.7 Å². The molecule has 2 N–H and O–H groups in total. The Balaban J connectivity index is 2.03. The summed E-state index contributed by atoms with van der Waals surface area (Å²) in [6.45, 7) is 3.83. The lowest BCUT2D eigenvalue weighted by Crippen LogP contribution is -2.49. The third-order valence-electron chi connectivity index (χ3n) is 2.96. The second-order valence-corrected chi connectivity index (χ2v) is 6.35. The van der Waals surface area contributed by atoms with Gasteiger partial charge in [-0.3, -0.25) is 4.98 Å². The fourth-order valence-electron chi connectivity index (χ4n) is 1.90. The summed E-state index contributed by atoms with van der Waals surface area (Å²) in [5, 5.41) is 0. The minimum absolute atomic E-state index is 0.144. The second kappa shape index (κ2) is 5.07. The molecule has 0 aliphatic carbocycles. The third-order valence-corrected chi connectivity index (χ3v) is 4.84. The summed E-state index contributed by atoms with van der Waals surface area (Å²) < 4.78 is 24.9. The largest absolute Gasteiger partial charge is 0.382 e. The molecule has 1 fully saturated rings. The first kappa shape index (κ1) is 13.0. The highest BCUT2D eigenvalue weighted by Crippen LogP contribution is 2.15. The minimum atomic E-state index is -3.09. The molecular weight excluding hydrogens is 254 g/mol. The molecule has 1 aromatic rings. The minimum Gasteiger partial charge on any atom is -0.382 e. The molecule has 0 bridgehead atoms. The molecule has 18 heavy (non-hydrogen) atoms. The fourth-order valence-corrected chi connectivity index (χ4v) is 2.99. The Hall–Kier alpha value is -1.41. The van der Waals surface area contributed by atoms with E-state index in [1.807, 2.05) is 4.90 Å². The molecule has 0 amide bonds. The molecule has 0 saturated carbocycles. The van der Waals surface area contributed by atoms with E-state index in [2.05, 4.69) is 9.97 Å². The molecule has 100 valence electrons. The normalized spacial score (nSPS) is 17.9. The molecule has 1 saturated heterocycles. The van der Waals surface area contributed by atoms with Crippen LogP contribution >= 0.6 is 0 Å². The fraction of sp³-hybridized carbons (Fsp3) is 0.600. The number of hydrogen-bond acceptors (Lipinski definition) is 6. The van der Waals surface area contributed by atoms with Crippen LogP contribution in [0.25, 0.3) is 0 Å². The predicted molar refractivity (Wildman–Crippen MR) is 69.7 cm³/mol. The molecule has 2 rings (SSSR count). The van der Waals surface area contributed by atoms with Crippen LogP contribution in [0.3, 0.4) is 0 Å². The van der Waals surface area contributed by atoms with Crippen molar-refractivity contribution in [2.24, 2.45) is 0 Å². The van der Waals surface area contributed by atoms with Crippen molar-refractivity contribution in [2.75, 3.05) is 42.6 Å². The maximum atomic E-state index is 11.7. The SMILES string of the molecule is CCS(=O)(=O)N1CCN(c2cncc(N)n2)CC1. The molecule has 0 atom stereocenters. The molecular formula is C10H17N5O2S. The van der Waals surface area contributed by atoms with Crippen LogP contribution in [0.5, 0.6) is 0 Å². The van der Waals surface area contributed by atoms with Crippen LogP contribution in [0.1, 0.15) is 6.92 Å². The summed E-state index contributed by atoms with van der Waals surface area (Å²) in [6, 6.07) is 0. The number of anilines is 2. The first-order chi connectivity index (χ1) is 8.53. The number of aromatic nitrogens is 2. The lowest BCUT2D eigenvalue weighted by molar-refractivity contribution is 0.384. The number of nitrogens with two attached hydrogens (primary N) is 1. The first-order valence-corrected chi connectivity index (χ1v) is 7.44. The standard InChI is InChI=1S/C10H17N5O2S/c1-2-18(16,17)15-5-3-14(4-6-15)10-8-12-7-9(11)13-10/h7-8H,2-6H2,1H3,(H2,11,13). The topological polar surface area (TPSA) is 92.4 Å². The average Bonchev–Trinajstić information content (AvgIpc) is 2.39. The molecule has 0 aromatic carbocycles. The van der Waals surface area contributed by atoms with Crippen molar-refractivity contribution in [1.29, 1.82) is 0 Å². The third kappa shape index (κ3) is 2.70. The van der Waals surface area contributed by atoms with Gasteiger partial charge >= 0.3 is 0 Å². The zero-order chi connectivity index (χ0) is 13.2. The van der Waals surface area contributed by atoms with E-state index in [-0.39, 0.29) is 5.75 Å². The van der Waals surface area contributed by atoms with E-state index < -0.39 is 10.0 Å². The van der Waals surface area contributed by atoms with E-state index in [0.717, 1.165) is 0 Å². The number of sulfonamides is 1. The second-order valence-electron chi connectivity index (χ2n) is 4.09. The van der Waals surface area contributed by atoms with Gasteiger partial charge < -0.3 is 10.6 Å². The van der Waals surface area contributed by atoms with Crippen LogP contribution in [-0.4, -0.2) is 54.6 Å². The van der Waals surface area contributed by atoms with E-state index in [1.165, 1.54) is 10.5 Å². The van der Waals surface area contributed by atoms with Gasteiger partial charge in [-0.1, -0.05) is 0 Å². The highest BCUT2D eigenvalue weighted by atomic mass is 32.2. The van der Waals surface area contributed by atoms with Crippen LogP contribution in [0.15, 0.2) is 12.4 Å². The summed E-state index contributed by atoms with van der Waals surface area (Å²) in [6.07, 6.45) is 3.13. The number of rotatable bonds is 3. The zero-order valence-corrected chi connectivity index (χ0v) is 11.1. The Bertz CT molecular complexity index is 511. The number of hydrogen-bond donors (Lipinski definition) is 1. The van der Waals surface area contributed by atoms with Gasteiger partial charge in [-0.15, -0.1) is 0 Å². The highest BCUT2D eigenvalue weighted by molar-refractivity contribution is 7.89. The van der Waals surface area contributed by atoms with Crippen molar-refractivity contribution in [2.45, 2.75) is 6.92 Å². The Kier molecular flexibility index (Phi) is 3.67. The van der Waals surface area contributed by atoms with Crippen molar-refractivity contribution < 1.29 is 8.42 Å². The van der Waals surface area contributed by atoms with Gasteiger partial charge in [0, 0.05) is 26.2 Å². The molecule has 2 heterocycles. The van der Waals surface area contributed by atoms with E-state index >= 15 is 0 Å². The van der Waals surface area contributed by atoms with Gasteiger partial charge in [-0.25, -0.2) is 13.4 Å². The van der Waals surface area contributed by atoms with E-state index in [4.69, 9.17) is 5.73 Å². The number of nitrogen functional groups attached to an aromatic ring is 1. The Morgan fingerprint density at radius 1 is 1.28 bits per heavy atom. The summed E-state index contributed by atoms with van der Waals surface area (Å²) >= 11 is 0. The number of nitrogens with zero attached hydrogens (tertiary/aromatic N) is 4. The highest BCUT2D eigenvalue weighted by Gasteiger charge is 2.25. The smallest absolute Gasteiger partial charge is 0.213 e. The van der Waals surface area contributed by atoms with Crippen LogP contribution in [0.2, 0.25) is 0 Å². The summed E-state index contributed by atoms with van der Waals surface area (Å²) in [7, 11) is -3.09. The first-order valence-electron chi connectivity index (χ1n) is 5.83. The Morgan fingerprint density at radius 3 is 2.50 bits per heavy atom. The van der Waals surface area contributed by atoms with Crippen LogP contribution in [-0.2, 0) is 10.0 Å². The molecule has 0 unspecified atom stereocenters. The molecule has 1 aliphatic heterocycles. The van der Waals surface area contributed by atoms with Crippen LogP contribution < -0.4 is 10.6 Å². The van der Waals surface area contributed by atoms with Gasteiger partial charge in [0.05, 0.1) is 18.1 Å². The summed E-state index contributed by atoms with van der Waals surface area (Å²) in [5.41, 5.74) is 5.58. The molecule has 1 aromatic heterocycles. The van der Waals surface area contributed by atoms with Gasteiger partial charge in [0.1, 0.15) is 11.6 Å². The van der Waals surface area contributed by atoms with Crippen molar-refractivity contribution in [3.63, 3.8) is 0 Å². The molecule has 0 spiro atoms. The molecule has 7 nitrogen and oxygen atoms in total. The lowest BCUT2D eigenvalue weighted by Gasteiger charge is -2.34. The van der Waals surface area contributed by atoms with Crippen molar-refractivity contribution in [1.82, 2.24) is 14.3 Å². The molecule has 8 heteroatoms. The van der Waals surface area contributed by atoms with Gasteiger partial charge in [-0.05, 0) is 6.92 Å². The van der Waals surface area contributed by atoms with Gasteiger partial charge in [0.15, 0.2) is 0 Å². The monoisotopic (exact) mass is 271 g/mol. The summed E-state index contributed by atoms with van der Waals surface area (Å²) in [4.78, 5) is 10.2. The maximum Gasteiger partial charge on any atom is 0.213 e. The van der Waals surface area contributed by atoms with Gasteiger partial charge in [-0.2, -0.15) is 4.31 Å². The maximum absolute atomic E-state index is 11.7. The van der Waals surface area contributed by atoms with E-state index in [1.54, 1.807) is 13.1 Å². The van der Waals surface area contributed by atoms with E-state index in [9.17, 15) is 8.42 Å². The van der Waals surface area contributed by atoms with E-state index in [0.29, 0.717) is 37.8 Å². The lowest BCUT2D eigenvalue weighted by atomic mass is 10.3. The number of piperazine rings is 1. The Morgan fingerprint density at radius 2 is 1.94 bits per heavy atom. The van der Waals surface area contributed by atoms with Crippen molar-refractivity contribution in [3.8, 4) is 0 Å². The van der Waals surface area contributed by atoms with Crippen molar-refractivity contribution in [3.05, 3.63) is 12.4 Å². The zero-order valence-electron chi connectivity index (χ0n) is 10.3. The van der Waals surface area contributed by atoms with Gasteiger partial charge in [0.25, 0.3) is 0 Å². The molecule has 1 aliphatic rings.